The molecule has 0 radical (unpaired) electrons. The van der Waals surface area contributed by atoms with Crippen LogP contribution in [0.2, 0.25) is 0 Å². The van der Waals surface area contributed by atoms with E-state index in [1.807, 2.05) is 35.2 Å². The van der Waals surface area contributed by atoms with E-state index in [2.05, 4.69) is 9.88 Å². The Morgan fingerprint density at radius 1 is 1.03 bits per heavy atom. The van der Waals surface area contributed by atoms with E-state index >= 15 is 0 Å². The zero-order chi connectivity index (χ0) is 22.3. The summed E-state index contributed by atoms with van der Waals surface area (Å²) in [4.78, 5) is 35.9. The summed E-state index contributed by atoms with van der Waals surface area (Å²) in [6.45, 7) is 3.24. The molecular formula is C24H30N4O4. The number of hydrogen-bond donors (Lipinski definition) is 0. The van der Waals surface area contributed by atoms with Crippen LogP contribution in [0.3, 0.4) is 0 Å². The van der Waals surface area contributed by atoms with Crippen LogP contribution in [0.25, 0.3) is 0 Å². The summed E-state index contributed by atoms with van der Waals surface area (Å²) in [5.41, 5.74) is 0. The SMILES string of the molecule is COc1ccccc1OCC(=O)N(CCC(=O)N1CCN(c2ccccn2)CC1)C1CC1. The van der Waals surface area contributed by atoms with Crippen molar-refractivity contribution < 1.29 is 19.1 Å². The minimum Gasteiger partial charge on any atom is -0.493 e. The molecule has 0 atom stereocenters. The summed E-state index contributed by atoms with van der Waals surface area (Å²) in [6.07, 6.45) is 4.09. The zero-order valence-electron chi connectivity index (χ0n) is 18.5. The van der Waals surface area contributed by atoms with Crippen LogP contribution in [0.15, 0.2) is 48.7 Å². The Balaban J connectivity index is 1.25. The topological polar surface area (TPSA) is 75.2 Å². The van der Waals surface area contributed by atoms with E-state index in [9.17, 15) is 9.59 Å². The lowest BCUT2D eigenvalue weighted by Gasteiger charge is -2.35. The van der Waals surface area contributed by atoms with Gasteiger partial charge in [0.1, 0.15) is 5.82 Å². The lowest BCUT2D eigenvalue weighted by molar-refractivity contribution is -0.136. The van der Waals surface area contributed by atoms with Crippen molar-refractivity contribution in [2.75, 3.05) is 51.3 Å². The largest absolute Gasteiger partial charge is 0.493 e. The summed E-state index contributed by atoms with van der Waals surface area (Å²) in [5.74, 6) is 2.08. The molecule has 0 spiro atoms. The van der Waals surface area contributed by atoms with Crippen molar-refractivity contribution in [3.63, 3.8) is 0 Å². The molecular weight excluding hydrogens is 408 g/mol. The lowest BCUT2D eigenvalue weighted by atomic mass is 10.2. The average molecular weight is 439 g/mol. The molecule has 0 N–H and O–H groups in total. The van der Waals surface area contributed by atoms with Crippen LogP contribution < -0.4 is 14.4 Å². The first-order valence-electron chi connectivity index (χ1n) is 11.1. The molecule has 2 amide bonds. The van der Waals surface area contributed by atoms with Crippen LogP contribution in [0.1, 0.15) is 19.3 Å². The third-order valence-electron chi connectivity index (χ3n) is 5.90. The molecule has 1 aliphatic heterocycles. The van der Waals surface area contributed by atoms with Gasteiger partial charge in [-0.15, -0.1) is 0 Å². The third kappa shape index (κ3) is 5.49. The summed E-state index contributed by atoms with van der Waals surface area (Å²) < 4.78 is 11.0. The van der Waals surface area contributed by atoms with E-state index in [1.165, 1.54) is 0 Å². The predicted octanol–water partition coefficient (Wildman–Crippen LogP) is 2.20. The maximum atomic E-state index is 12.8. The molecule has 8 heteroatoms. The second-order valence-electron chi connectivity index (χ2n) is 8.06. The number of carbonyl (C=O) groups is 2. The fourth-order valence-electron chi connectivity index (χ4n) is 3.96. The smallest absolute Gasteiger partial charge is 0.260 e. The number of aromatic nitrogens is 1. The van der Waals surface area contributed by atoms with Gasteiger partial charge >= 0.3 is 0 Å². The van der Waals surface area contributed by atoms with Gasteiger partial charge in [0.2, 0.25) is 5.91 Å². The minimum absolute atomic E-state index is 0.0617. The average Bonchev–Trinajstić information content (AvgIpc) is 3.69. The van der Waals surface area contributed by atoms with Crippen LogP contribution in [-0.4, -0.2) is 79.1 Å². The molecule has 32 heavy (non-hydrogen) atoms. The molecule has 4 rings (SSSR count). The molecule has 1 saturated carbocycles. The molecule has 0 bridgehead atoms. The second kappa shape index (κ2) is 10.3. The maximum Gasteiger partial charge on any atom is 0.260 e. The van der Waals surface area contributed by atoms with Gasteiger partial charge in [-0.05, 0) is 37.1 Å². The van der Waals surface area contributed by atoms with Gasteiger partial charge in [-0.1, -0.05) is 18.2 Å². The van der Waals surface area contributed by atoms with Crippen LogP contribution in [0, 0.1) is 0 Å². The second-order valence-corrected chi connectivity index (χ2v) is 8.06. The number of methoxy groups -OCH3 is 1. The van der Waals surface area contributed by atoms with E-state index in [0.29, 0.717) is 37.6 Å². The number of para-hydroxylation sites is 2. The molecule has 0 unspecified atom stereocenters. The van der Waals surface area contributed by atoms with Gasteiger partial charge in [0.15, 0.2) is 18.1 Å². The number of pyridine rings is 1. The highest BCUT2D eigenvalue weighted by Gasteiger charge is 2.33. The van der Waals surface area contributed by atoms with E-state index in [4.69, 9.17) is 9.47 Å². The van der Waals surface area contributed by atoms with E-state index in [0.717, 1.165) is 31.7 Å². The number of nitrogens with zero attached hydrogens (tertiary/aromatic N) is 4. The molecule has 2 heterocycles. The summed E-state index contributed by atoms with van der Waals surface area (Å²) >= 11 is 0. The molecule has 1 aromatic carbocycles. The summed E-state index contributed by atoms with van der Waals surface area (Å²) in [5, 5.41) is 0. The first-order valence-corrected chi connectivity index (χ1v) is 11.1. The number of carbonyl (C=O) groups excluding carboxylic acids is 2. The Morgan fingerprint density at radius 2 is 1.75 bits per heavy atom. The molecule has 1 aliphatic carbocycles. The molecule has 2 aromatic rings. The first kappa shape index (κ1) is 21.9. The number of rotatable bonds is 9. The maximum absolute atomic E-state index is 12.8. The quantitative estimate of drug-likeness (QED) is 0.598. The third-order valence-corrected chi connectivity index (χ3v) is 5.90. The molecule has 170 valence electrons. The van der Waals surface area contributed by atoms with E-state index in [1.54, 1.807) is 30.3 Å². The van der Waals surface area contributed by atoms with Gasteiger partial charge in [-0.3, -0.25) is 9.59 Å². The van der Waals surface area contributed by atoms with Crippen molar-refractivity contribution >= 4 is 17.6 Å². The van der Waals surface area contributed by atoms with Gasteiger partial charge in [0.05, 0.1) is 7.11 Å². The standard InChI is InChI=1S/C24H30N4O4/c1-31-20-6-2-3-7-21(20)32-18-24(30)28(19-9-10-19)13-11-23(29)27-16-14-26(15-17-27)22-8-4-5-12-25-22/h2-8,12,19H,9-11,13-18H2,1H3. The van der Waals surface area contributed by atoms with Crippen LogP contribution in [0.4, 0.5) is 5.82 Å². The number of hydrogen-bond acceptors (Lipinski definition) is 6. The number of piperazine rings is 1. The van der Waals surface area contributed by atoms with Crippen LogP contribution in [-0.2, 0) is 9.59 Å². The van der Waals surface area contributed by atoms with Crippen molar-refractivity contribution in [1.29, 1.82) is 0 Å². The molecule has 2 aliphatic rings. The zero-order valence-corrected chi connectivity index (χ0v) is 18.5. The Labute approximate surface area is 188 Å². The first-order chi connectivity index (χ1) is 15.7. The number of ether oxygens (including phenoxy) is 2. The molecule has 1 saturated heterocycles. The van der Waals surface area contributed by atoms with Crippen molar-refractivity contribution in [2.24, 2.45) is 0 Å². The Morgan fingerprint density at radius 3 is 2.41 bits per heavy atom. The van der Waals surface area contributed by atoms with Crippen LogP contribution in [0.5, 0.6) is 11.5 Å². The van der Waals surface area contributed by atoms with Crippen molar-refractivity contribution in [1.82, 2.24) is 14.8 Å². The van der Waals surface area contributed by atoms with Crippen molar-refractivity contribution in [2.45, 2.75) is 25.3 Å². The fraction of sp³-hybridized carbons (Fsp3) is 0.458. The van der Waals surface area contributed by atoms with E-state index in [-0.39, 0.29) is 24.5 Å². The Hall–Kier alpha value is -3.29. The lowest BCUT2D eigenvalue weighted by Crippen LogP contribution is -2.49. The summed E-state index contributed by atoms with van der Waals surface area (Å²) in [6, 6.07) is 13.4. The van der Waals surface area contributed by atoms with Gasteiger partial charge < -0.3 is 24.2 Å². The van der Waals surface area contributed by atoms with Crippen molar-refractivity contribution in [3.05, 3.63) is 48.7 Å². The van der Waals surface area contributed by atoms with E-state index < -0.39 is 0 Å². The van der Waals surface area contributed by atoms with Crippen LogP contribution >= 0.6 is 0 Å². The predicted molar refractivity (Wildman–Crippen MR) is 121 cm³/mol. The highest BCUT2D eigenvalue weighted by Crippen LogP contribution is 2.29. The minimum atomic E-state index is -0.0915. The molecule has 2 fully saturated rings. The number of anilines is 1. The molecule has 1 aromatic heterocycles. The normalized spacial score (nSPS) is 15.9. The fourth-order valence-corrected chi connectivity index (χ4v) is 3.96. The molecule has 8 nitrogen and oxygen atoms in total. The Kier molecular flexibility index (Phi) is 7.09. The Bertz CT molecular complexity index is 911. The van der Waals surface area contributed by atoms with Gasteiger partial charge in [-0.25, -0.2) is 4.98 Å². The number of amides is 2. The number of benzene rings is 1. The summed E-state index contributed by atoms with van der Waals surface area (Å²) in [7, 11) is 1.57. The monoisotopic (exact) mass is 438 g/mol. The van der Waals surface area contributed by atoms with Gasteiger partial charge in [0, 0.05) is 51.4 Å². The van der Waals surface area contributed by atoms with Gasteiger partial charge in [-0.2, -0.15) is 0 Å². The van der Waals surface area contributed by atoms with Gasteiger partial charge in [0.25, 0.3) is 5.91 Å². The van der Waals surface area contributed by atoms with Crippen molar-refractivity contribution in [3.8, 4) is 11.5 Å². The highest BCUT2D eigenvalue weighted by molar-refractivity contribution is 5.80. The highest BCUT2D eigenvalue weighted by atomic mass is 16.5.